The van der Waals surface area contributed by atoms with E-state index in [9.17, 15) is 46.0 Å². The Morgan fingerprint density at radius 3 is 1.69 bits per heavy atom. The molecule has 1 unspecified atom stereocenters. The van der Waals surface area contributed by atoms with Crippen LogP contribution in [0.4, 0.5) is 0 Å². The molecule has 0 rings (SSSR count). The third kappa shape index (κ3) is 11.1. The summed E-state index contributed by atoms with van der Waals surface area (Å²) in [6, 6.07) is 0. The molecular formula is C20H47N3O12+2. The van der Waals surface area contributed by atoms with E-state index in [1.165, 1.54) is 4.90 Å². The highest BCUT2D eigenvalue weighted by atomic mass is 16.5. The van der Waals surface area contributed by atoms with Crippen molar-refractivity contribution in [2.45, 2.75) is 25.0 Å². The lowest BCUT2D eigenvalue weighted by Gasteiger charge is -2.43. The van der Waals surface area contributed by atoms with Gasteiger partial charge in [0, 0.05) is 13.2 Å². The van der Waals surface area contributed by atoms with Crippen LogP contribution < -0.4 is 0 Å². The van der Waals surface area contributed by atoms with Gasteiger partial charge in [0.25, 0.3) is 0 Å². The number of aliphatic hydroxyl groups is 9. The van der Waals surface area contributed by atoms with E-state index in [1.807, 2.05) is 6.92 Å². The van der Waals surface area contributed by atoms with Gasteiger partial charge in [0.1, 0.15) is 12.6 Å². The highest BCUT2D eigenvalue weighted by Crippen LogP contribution is 2.18. The van der Waals surface area contributed by atoms with Crippen LogP contribution in [0.5, 0.6) is 0 Å². The Balaban J connectivity index is 5.18. The third-order valence-corrected chi connectivity index (χ3v) is 5.79. The van der Waals surface area contributed by atoms with Crippen molar-refractivity contribution in [2.75, 3.05) is 107 Å². The Hall–Kier alpha value is -0.600. The molecule has 0 heterocycles. The molecule has 15 heteroatoms. The zero-order chi connectivity index (χ0) is 26.8. The maximum Gasteiger partial charge on any atom is 0.188 e. The smallest absolute Gasteiger partial charge is 0.188 e. The second-order valence-electron chi connectivity index (χ2n) is 8.76. The van der Waals surface area contributed by atoms with E-state index >= 15 is 0 Å². The summed E-state index contributed by atoms with van der Waals surface area (Å²) < 4.78 is 15.4. The number of rotatable bonds is 24. The fourth-order valence-corrected chi connectivity index (χ4v) is 3.10. The lowest BCUT2D eigenvalue weighted by molar-refractivity contribution is -0.991. The van der Waals surface area contributed by atoms with E-state index in [0.29, 0.717) is 13.0 Å². The van der Waals surface area contributed by atoms with Crippen LogP contribution in [-0.2, 0) is 14.2 Å². The third-order valence-electron chi connectivity index (χ3n) is 5.79. The van der Waals surface area contributed by atoms with Crippen molar-refractivity contribution in [3.63, 3.8) is 0 Å². The van der Waals surface area contributed by atoms with Crippen molar-refractivity contribution in [3.05, 3.63) is 0 Å². The minimum atomic E-state index is -1.36. The van der Waals surface area contributed by atoms with Gasteiger partial charge in [0.2, 0.25) is 0 Å². The molecule has 0 aromatic heterocycles. The van der Waals surface area contributed by atoms with Crippen molar-refractivity contribution in [1.82, 2.24) is 4.90 Å². The normalized spacial score (nSPS) is 14.1. The molecule has 0 amide bonds. The first-order valence-electron chi connectivity index (χ1n) is 11.5. The van der Waals surface area contributed by atoms with Crippen molar-refractivity contribution in [1.29, 1.82) is 0 Å². The molecule has 0 aliphatic heterocycles. The van der Waals surface area contributed by atoms with Gasteiger partial charge in [0.05, 0.1) is 45.3 Å². The van der Waals surface area contributed by atoms with E-state index in [-0.39, 0.29) is 46.4 Å². The molecule has 0 saturated heterocycles. The highest BCUT2D eigenvalue weighted by Gasteiger charge is 2.39. The number of hydrogen-bond acceptors (Lipinski definition) is 13. The van der Waals surface area contributed by atoms with Crippen LogP contribution in [0.2, 0.25) is 0 Å². The standard InChI is InChI=1S/C20H47N3O12/c1-2-3-34-11-21(6-19(32)7-22(12-26,13-27)14-28)20(8-24,9-25)10-33-4-5-35-18-23(15-29,16-30)17-31/h19,24-32H,2-18H2,1H3/q+2. The summed E-state index contributed by atoms with van der Waals surface area (Å²) in [4.78, 5) is 1.50. The molecule has 0 aliphatic carbocycles. The maximum atomic E-state index is 10.6. The van der Waals surface area contributed by atoms with Crippen molar-refractivity contribution in [2.24, 2.45) is 0 Å². The van der Waals surface area contributed by atoms with Gasteiger partial charge in [-0.05, 0) is 6.42 Å². The van der Waals surface area contributed by atoms with Gasteiger partial charge >= 0.3 is 0 Å². The van der Waals surface area contributed by atoms with Crippen LogP contribution in [0.1, 0.15) is 13.3 Å². The van der Waals surface area contributed by atoms with Crippen LogP contribution in [0.3, 0.4) is 0 Å². The number of β-amino-alcohol motifs (C(OH)–C–C–N with tert-alkyl or cyclic N) is 1. The summed E-state index contributed by atoms with van der Waals surface area (Å²) in [6.07, 6.45) is -0.460. The zero-order valence-electron chi connectivity index (χ0n) is 20.7. The minimum absolute atomic E-state index is 0.0236. The highest BCUT2D eigenvalue weighted by molar-refractivity contribution is 4.90. The first kappa shape index (κ1) is 34.4. The van der Waals surface area contributed by atoms with Gasteiger partial charge in [-0.3, -0.25) is 9.38 Å². The van der Waals surface area contributed by atoms with Gasteiger partial charge in [0.15, 0.2) is 47.1 Å². The Bertz CT molecular complexity index is 491. The Kier molecular flexibility index (Phi) is 18.3. The summed E-state index contributed by atoms with van der Waals surface area (Å²) in [5.74, 6) is 0. The topological polar surface area (TPSA) is 213 Å². The number of ether oxygens (including phenoxy) is 3. The number of aliphatic hydroxyl groups excluding tert-OH is 9. The van der Waals surface area contributed by atoms with E-state index < -0.39 is 74.2 Å². The van der Waals surface area contributed by atoms with Crippen LogP contribution in [0.15, 0.2) is 0 Å². The first-order chi connectivity index (χ1) is 16.8. The van der Waals surface area contributed by atoms with Crippen LogP contribution >= 0.6 is 0 Å². The van der Waals surface area contributed by atoms with Gasteiger partial charge < -0.3 is 60.2 Å². The average Bonchev–Trinajstić information content (AvgIpc) is 2.89. The first-order valence-corrected chi connectivity index (χ1v) is 11.5. The minimum Gasteiger partial charge on any atom is -0.394 e. The van der Waals surface area contributed by atoms with E-state index in [2.05, 4.69) is 0 Å². The number of nitrogens with zero attached hydrogens (tertiary/aromatic N) is 3. The molecule has 0 fully saturated rings. The van der Waals surface area contributed by atoms with E-state index in [4.69, 9.17) is 14.2 Å². The van der Waals surface area contributed by atoms with Crippen LogP contribution in [-0.4, -0.2) is 178 Å². The van der Waals surface area contributed by atoms with Crippen molar-refractivity contribution in [3.8, 4) is 0 Å². The molecule has 0 bridgehead atoms. The molecule has 1 atom stereocenters. The average molecular weight is 522 g/mol. The Labute approximate surface area is 206 Å². The molecule has 0 saturated carbocycles. The van der Waals surface area contributed by atoms with E-state index in [1.54, 1.807) is 0 Å². The van der Waals surface area contributed by atoms with Gasteiger partial charge in [-0.25, -0.2) is 4.48 Å². The number of quaternary nitrogens is 2. The molecule has 0 spiro atoms. The van der Waals surface area contributed by atoms with Gasteiger partial charge in [-0.1, -0.05) is 6.92 Å². The summed E-state index contributed by atoms with van der Waals surface area (Å²) in [6.45, 7) is -2.87. The SMILES string of the molecule is CCCOCN(CC(O)C[N+](CO)(CO)CO)C(CO)(CO)COCCOC[N+](CO)(CO)CO. The predicted octanol–water partition coefficient (Wildman–Crippen LogP) is -4.92. The molecule has 212 valence electrons. The van der Waals surface area contributed by atoms with Gasteiger partial charge in [-0.15, -0.1) is 0 Å². The summed E-state index contributed by atoms with van der Waals surface area (Å²) in [7, 11) is 0. The fourth-order valence-electron chi connectivity index (χ4n) is 3.10. The lowest BCUT2D eigenvalue weighted by Crippen LogP contribution is -2.62. The quantitative estimate of drug-likeness (QED) is 0.0331. The molecule has 35 heavy (non-hydrogen) atoms. The second-order valence-corrected chi connectivity index (χ2v) is 8.76. The fraction of sp³-hybridized carbons (Fsp3) is 1.00. The largest absolute Gasteiger partial charge is 0.394 e. The summed E-state index contributed by atoms with van der Waals surface area (Å²) >= 11 is 0. The maximum absolute atomic E-state index is 10.6. The Morgan fingerprint density at radius 1 is 0.714 bits per heavy atom. The van der Waals surface area contributed by atoms with Crippen LogP contribution in [0.25, 0.3) is 0 Å². The molecule has 0 aromatic carbocycles. The monoisotopic (exact) mass is 521 g/mol. The lowest BCUT2D eigenvalue weighted by atomic mass is 10.00. The summed E-state index contributed by atoms with van der Waals surface area (Å²) in [5, 5.41) is 87.3. The molecule has 0 aliphatic rings. The molecule has 0 radical (unpaired) electrons. The molecule has 0 aromatic rings. The summed E-state index contributed by atoms with van der Waals surface area (Å²) in [5.41, 5.74) is -1.36. The Morgan fingerprint density at radius 2 is 1.23 bits per heavy atom. The van der Waals surface area contributed by atoms with Crippen LogP contribution in [0, 0.1) is 0 Å². The molecule has 15 nitrogen and oxygen atoms in total. The van der Waals surface area contributed by atoms with Crippen molar-refractivity contribution < 1.29 is 69.1 Å². The van der Waals surface area contributed by atoms with Crippen molar-refractivity contribution >= 4 is 0 Å². The molecular weight excluding hydrogens is 474 g/mol. The van der Waals surface area contributed by atoms with E-state index in [0.717, 1.165) is 0 Å². The second kappa shape index (κ2) is 18.6. The zero-order valence-corrected chi connectivity index (χ0v) is 20.7. The number of hydrogen-bond donors (Lipinski definition) is 9. The predicted molar refractivity (Wildman–Crippen MR) is 120 cm³/mol. The molecule has 9 N–H and O–H groups in total. The van der Waals surface area contributed by atoms with Gasteiger partial charge in [-0.2, -0.15) is 0 Å².